The van der Waals surface area contributed by atoms with Gasteiger partial charge in [-0.05, 0) is 43.7 Å². The molecular weight excluding hydrogens is 417 g/mol. The van der Waals surface area contributed by atoms with E-state index in [0.717, 1.165) is 0 Å². The predicted molar refractivity (Wildman–Crippen MR) is 110 cm³/mol. The van der Waals surface area contributed by atoms with E-state index < -0.39 is 24.0 Å². The molecule has 0 aliphatic heterocycles. The molecule has 162 valence electrons. The van der Waals surface area contributed by atoms with Gasteiger partial charge >= 0.3 is 12.1 Å². The molecule has 1 atom stereocenters. The highest BCUT2D eigenvalue weighted by Crippen LogP contribution is 2.25. The number of rotatable bonds is 9. The highest BCUT2D eigenvalue weighted by Gasteiger charge is 2.22. The first-order valence-electron chi connectivity index (χ1n) is 9.13. The Morgan fingerprint density at radius 2 is 1.93 bits per heavy atom. The first-order valence-corrected chi connectivity index (χ1v) is 9.51. The normalized spacial score (nSPS) is 11.8. The van der Waals surface area contributed by atoms with E-state index in [2.05, 4.69) is 5.32 Å². The second kappa shape index (κ2) is 10.8. The maximum Gasteiger partial charge on any atom is 0.411 e. The van der Waals surface area contributed by atoms with Crippen molar-refractivity contribution in [2.75, 3.05) is 12.4 Å². The summed E-state index contributed by atoms with van der Waals surface area (Å²) >= 11 is 5.71. The fourth-order valence-electron chi connectivity index (χ4n) is 2.69. The quantitative estimate of drug-likeness (QED) is 0.590. The zero-order valence-corrected chi connectivity index (χ0v) is 17.5. The first-order chi connectivity index (χ1) is 14.2. The number of carboxylic acids is 1. The molecule has 0 aliphatic carbocycles. The maximum absolute atomic E-state index is 13.9. The Labute approximate surface area is 178 Å². The number of nitrogens with one attached hydrogen (secondary N) is 1. The van der Waals surface area contributed by atoms with E-state index in [9.17, 15) is 19.1 Å². The number of aliphatic carboxylic acids is 1. The average Bonchev–Trinajstić information content (AvgIpc) is 2.68. The smallest absolute Gasteiger partial charge is 0.411 e. The first kappa shape index (κ1) is 23.4. The maximum atomic E-state index is 13.9. The van der Waals surface area contributed by atoms with Crippen LogP contribution in [0.2, 0.25) is 5.02 Å². The molecule has 30 heavy (non-hydrogen) atoms. The average molecular weight is 440 g/mol. The Hall–Kier alpha value is -2.84. The lowest BCUT2D eigenvalue weighted by atomic mass is 10.1. The van der Waals surface area contributed by atoms with Crippen molar-refractivity contribution in [3.8, 4) is 5.75 Å². The van der Waals surface area contributed by atoms with Crippen molar-refractivity contribution in [3.63, 3.8) is 0 Å². The molecule has 0 saturated carbocycles. The molecule has 9 heteroatoms. The highest BCUT2D eigenvalue weighted by molar-refractivity contribution is 6.30. The fraction of sp³-hybridized carbons (Fsp3) is 0.333. The zero-order valence-electron chi connectivity index (χ0n) is 16.8. The van der Waals surface area contributed by atoms with Crippen molar-refractivity contribution in [1.82, 2.24) is 0 Å². The van der Waals surface area contributed by atoms with Crippen LogP contribution in [-0.4, -0.2) is 36.5 Å². The Morgan fingerprint density at radius 1 is 1.20 bits per heavy atom. The van der Waals surface area contributed by atoms with Crippen molar-refractivity contribution in [1.29, 1.82) is 0 Å². The SMILES string of the molecule is COc1ccc(NC(=O)OCc2cccc(Cl)c2F)cc1CC(OC(C)C)C(=O)O. The number of halogens is 2. The summed E-state index contributed by atoms with van der Waals surface area (Å²) < 4.78 is 29.6. The van der Waals surface area contributed by atoms with Crippen LogP contribution in [0.1, 0.15) is 25.0 Å². The van der Waals surface area contributed by atoms with Crippen LogP contribution in [0.15, 0.2) is 36.4 Å². The molecule has 7 nitrogen and oxygen atoms in total. The van der Waals surface area contributed by atoms with Crippen molar-refractivity contribution in [2.24, 2.45) is 0 Å². The fourth-order valence-corrected chi connectivity index (χ4v) is 2.89. The lowest BCUT2D eigenvalue weighted by Gasteiger charge is -2.18. The van der Waals surface area contributed by atoms with Gasteiger partial charge < -0.3 is 19.3 Å². The van der Waals surface area contributed by atoms with Crippen LogP contribution in [0.3, 0.4) is 0 Å². The van der Waals surface area contributed by atoms with Gasteiger partial charge in [0.05, 0.1) is 18.2 Å². The van der Waals surface area contributed by atoms with Crippen LogP contribution in [0.5, 0.6) is 5.75 Å². The minimum absolute atomic E-state index is 0.0367. The number of carboxylic acid groups (broad SMARTS) is 1. The molecule has 2 aromatic carbocycles. The van der Waals surface area contributed by atoms with Crippen molar-refractivity contribution in [2.45, 2.75) is 39.1 Å². The van der Waals surface area contributed by atoms with E-state index in [-0.39, 0.29) is 29.7 Å². The molecule has 0 saturated heterocycles. The van der Waals surface area contributed by atoms with Gasteiger partial charge in [-0.3, -0.25) is 5.32 Å². The van der Waals surface area contributed by atoms with Gasteiger partial charge in [0, 0.05) is 17.7 Å². The minimum atomic E-state index is -1.10. The molecule has 0 spiro atoms. The monoisotopic (exact) mass is 439 g/mol. The van der Waals surface area contributed by atoms with Crippen molar-refractivity contribution < 1.29 is 33.3 Å². The zero-order chi connectivity index (χ0) is 22.3. The number of anilines is 1. The number of methoxy groups -OCH3 is 1. The summed E-state index contributed by atoms with van der Waals surface area (Å²) in [5.74, 6) is -1.30. The third-order valence-corrected chi connectivity index (χ3v) is 4.33. The van der Waals surface area contributed by atoms with Crippen LogP contribution in [0.4, 0.5) is 14.9 Å². The van der Waals surface area contributed by atoms with E-state index in [0.29, 0.717) is 17.0 Å². The van der Waals surface area contributed by atoms with E-state index >= 15 is 0 Å². The second-order valence-corrected chi connectivity index (χ2v) is 7.06. The van der Waals surface area contributed by atoms with Gasteiger partial charge in [0.15, 0.2) is 6.10 Å². The van der Waals surface area contributed by atoms with E-state index in [1.54, 1.807) is 38.1 Å². The van der Waals surface area contributed by atoms with Crippen molar-refractivity contribution in [3.05, 3.63) is 58.4 Å². The van der Waals surface area contributed by atoms with Crippen molar-refractivity contribution >= 4 is 29.4 Å². The molecule has 1 unspecified atom stereocenters. The topological polar surface area (TPSA) is 94.1 Å². The Bertz CT molecular complexity index is 905. The lowest BCUT2D eigenvalue weighted by molar-refractivity contribution is -0.153. The molecule has 2 aromatic rings. The summed E-state index contributed by atoms with van der Waals surface area (Å²) in [5.41, 5.74) is 1.03. The standard InChI is InChI=1S/C21H23ClFNO6/c1-12(2)30-18(20(25)26)10-14-9-15(7-8-17(14)28-3)24-21(27)29-11-13-5-4-6-16(22)19(13)23/h4-9,12,18H,10-11H2,1-3H3,(H,24,27)(H,25,26). The molecule has 0 radical (unpaired) electrons. The highest BCUT2D eigenvalue weighted by atomic mass is 35.5. The summed E-state index contributed by atoms with van der Waals surface area (Å²) in [6.45, 7) is 3.18. The lowest BCUT2D eigenvalue weighted by Crippen LogP contribution is -2.29. The molecule has 2 N–H and O–H groups in total. The van der Waals surface area contributed by atoms with Crippen LogP contribution in [0, 0.1) is 5.82 Å². The number of benzene rings is 2. The summed E-state index contributed by atoms with van der Waals surface area (Å²) in [7, 11) is 1.46. The Kier molecular flexibility index (Phi) is 8.44. The number of ether oxygens (including phenoxy) is 3. The van der Waals surface area contributed by atoms with Gasteiger partial charge in [0.1, 0.15) is 18.2 Å². The third kappa shape index (κ3) is 6.60. The number of carbonyl (C=O) groups is 2. The minimum Gasteiger partial charge on any atom is -0.496 e. The summed E-state index contributed by atoms with van der Waals surface area (Å²) in [6, 6.07) is 9.14. The number of amides is 1. The van der Waals surface area contributed by atoms with Crippen LogP contribution >= 0.6 is 11.6 Å². The van der Waals surface area contributed by atoms with Gasteiger partial charge in [0.2, 0.25) is 0 Å². The molecule has 0 bridgehead atoms. The predicted octanol–water partition coefficient (Wildman–Crippen LogP) is 4.66. The largest absolute Gasteiger partial charge is 0.496 e. The van der Waals surface area contributed by atoms with Gasteiger partial charge in [-0.2, -0.15) is 0 Å². The Balaban J connectivity index is 2.08. The molecule has 0 aliphatic rings. The van der Waals surface area contributed by atoms with Gasteiger partial charge in [-0.1, -0.05) is 23.7 Å². The third-order valence-electron chi connectivity index (χ3n) is 4.03. The molecule has 0 heterocycles. The van der Waals surface area contributed by atoms with E-state index in [1.165, 1.54) is 19.2 Å². The van der Waals surface area contributed by atoms with Gasteiger partial charge in [-0.25, -0.2) is 14.0 Å². The number of carbonyl (C=O) groups excluding carboxylic acids is 1. The second-order valence-electron chi connectivity index (χ2n) is 6.66. The summed E-state index contributed by atoms with van der Waals surface area (Å²) in [6.07, 6.45) is -2.12. The van der Waals surface area contributed by atoms with Crippen LogP contribution in [0.25, 0.3) is 0 Å². The molecule has 1 amide bonds. The molecule has 0 aromatic heterocycles. The van der Waals surface area contributed by atoms with E-state index in [1.807, 2.05) is 0 Å². The molecular formula is C21H23ClFNO6. The Morgan fingerprint density at radius 3 is 2.57 bits per heavy atom. The van der Waals surface area contributed by atoms with Gasteiger partial charge in [-0.15, -0.1) is 0 Å². The summed E-state index contributed by atoms with van der Waals surface area (Å²) in [5, 5.41) is 11.8. The van der Waals surface area contributed by atoms with Crippen LogP contribution < -0.4 is 10.1 Å². The van der Waals surface area contributed by atoms with E-state index in [4.69, 9.17) is 25.8 Å². The molecule has 0 fully saturated rings. The molecule has 2 rings (SSSR count). The van der Waals surface area contributed by atoms with Crippen LogP contribution in [-0.2, 0) is 27.3 Å². The number of hydrogen-bond acceptors (Lipinski definition) is 5. The van der Waals surface area contributed by atoms with Gasteiger partial charge in [0.25, 0.3) is 0 Å². The number of hydrogen-bond donors (Lipinski definition) is 2. The summed E-state index contributed by atoms with van der Waals surface area (Å²) in [4.78, 5) is 23.6.